The summed E-state index contributed by atoms with van der Waals surface area (Å²) in [6, 6.07) is -0.437. The summed E-state index contributed by atoms with van der Waals surface area (Å²) in [5, 5.41) is 37.1. The van der Waals surface area contributed by atoms with Crippen LogP contribution in [0.1, 0.15) is 5.69 Å². The molecular weight excluding hydrogens is 270 g/mol. The van der Waals surface area contributed by atoms with E-state index in [1.54, 1.807) is 0 Å². The number of amides is 2. The van der Waals surface area contributed by atoms with E-state index in [4.69, 9.17) is 5.11 Å². The molecule has 0 aromatic carbocycles. The molecule has 1 aromatic rings. The summed E-state index contributed by atoms with van der Waals surface area (Å²) >= 11 is 0. The molecule has 1 aliphatic rings. The number of carbonyl (C=O) groups is 2. The Bertz CT molecular complexity index is 494. The molecule has 1 fully saturated rings. The lowest BCUT2D eigenvalue weighted by atomic mass is 10.3. The third-order valence-electron chi connectivity index (χ3n) is 2.85. The molecule has 2 heterocycles. The molecule has 10 nitrogen and oxygen atoms in total. The first-order valence-corrected chi connectivity index (χ1v) is 5.95. The number of carboxylic acids is 1. The van der Waals surface area contributed by atoms with Gasteiger partial charge in [-0.3, -0.25) is 4.79 Å². The second-order valence-corrected chi connectivity index (χ2v) is 4.50. The molecule has 0 radical (unpaired) electrons. The van der Waals surface area contributed by atoms with Crippen LogP contribution in [0.3, 0.4) is 0 Å². The number of hydrogen-bond acceptors (Lipinski definition) is 6. The lowest BCUT2D eigenvalue weighted by Gasteiger charge is -2.15. The molecule has 2 unspecified atom stereocenters. The minimum Gasteiger partial charge on any atom is -0.480 e. The van der Waals surface area contributed by atoms with Gasteiger partial charge in [-0.05, 0) is 0 Å². The number of aromatic nitrogens is 3. The molecule has 1 saturated heterocycles. The fourth-order valence-corrected chi connectivity index (χ4v) is 1.85. The highest BCUT2D eigenvalue weighted by Crippen LogP contribution is 2.09. The Morgan fingerprint density at radius 2 is 2.00 bits per heavy atom. The van der Waals surface area contributed by atoms with Gasteiger partial charge in [-0.1, -0.05) is 5.21 Å². The number of rotatable bonds is 4. The van der Waals surface area contributed by atoms with Crippen LogP contribution in [-0.2, 0) is 17.9 Å². The van der Waals surface area contributed by atoms with Crippen LogP contribution < -0.4 is 5.32 Å². The van der Waals surface area contributed by atoms with E-state index in [1.807, 2.05) is 0 Å². The summed E-state index contributed by atoms with van der Waals surface area (Å²) in [5.41, 5.74) is 0.417. The Kier molecular flexibility index (Phi) is 4.15. The summed E-state index contributed by atoms with van der Waals surface area (Å²) in [7, 11) is 0. The van der Waals surface area contributed by atoms with Gasteiger partial charge in [0.15, 0.2) is 0 Å². The molecule has 10 heteroatoms. The van der Waals surface area contributed by atoms with Gasteiger partial charge >= 0.3 is 12.0 Å². The van der Waals surface area contributed by atoms with Crippen molar-refractivity contribution in [1.29, 1.82) is 0 Å². The van der Waals surface area contributed by atoms with Crippen LogP contribution in [0.2, 0.25) is 0 Å². The molecule has 4 N–H and O–H groups in total. The van der Waals surface area contributed by atoms with E-state index in [9.17, 15) is 19.8 Å². The van der Waals surface area contributed by atoms with Crippen molar-refractivity contribution in [3.05, 3.63) is 11.9 Å². The fourth-order valence-electron chi connectivity index (χ4n) is 1.85. The average Bonchev–Trinajstić information content (AvgIpc) is 2.94. The lowest BCUT2D eigenvalue weighted by Crippen LogP contribution is -2.38. The number of hydrogen-bond donors (Lipinski definition) is 4. The third kappa shape index (κ3) is 3.42. The van der Waals surface area contributed by atoms with E-state index < -0.39 is 24.2 Å². The monoisotopic (exact) mass is 285 g/mol. The molecule has 0 bridgehead atoms. The van der Waals surface area contributed by atoms with Crippen LogP contribution >= 0.6 is 0 Å². The zero-order valence-electron chi connectivity index (χ0n) is 10.5. The van der Waals surface area contributed by atoms with Crippen molar-refractivity contribution in [2.24, 2.45) is 0 Å². The second-order valence-electron chi connectivity index (χ2n) is 4.50. The van der Waals surface area contributed by atoms with E-state index in [-0.39, 0.29) is 26.2 Å². The zero-order chi connectivity index (χ0) is 14.7. The van der Waals surface area contributed by atoms with Crippen molar-refractivity contribution >= 4 is 12.0 Å². The summed E-state index contributed by atoms with van der Waals surface area (Å²) in [5.74, 6) is -1.04. The number of nitrogens with one attached hydrogen (secondary N) is 1. The largest absolute Gasteiger partial charge is 0.480 e. The predicted octanol–water partition coefficient (Wildman–Crippen LogP) is -2.39. The van der Waals surface area contributed by atoms with Gasteiger partial charge in [0.2, 0.25) is 0 Å². The molecule has 1 aliphatic heterocycles. The normalized spacial score (nSPS) is 22.0. The van der Waals surface area contributed by atoms with Gasteiger partial charge in [0.25, 0.3) is 0 Å². The standard InChI is InChI=1S/C10H15N5O5/c16-7-3-14(4-8(7)17)10(20)11-1-6-2-15(13-12-6)5-9(18)19/h2,7-8,16-17H,1,3-5H2,(H,11,20)(H,18,19). The van der Waals surface area contributed by atoms with Gasteiger partial charge in [-0.15, -0.1) is 5.10 Å². The van der Waals surface area contributed by atoms with Crippen molar-refractivity contribution in [1.82, 2.24) is 25.2 Å². The maximum absolute atomic E-state index is 11.7. The highest BCUT2D eigenvalue weighted by molar-refractivity contribution is 5.74. The van der Waals surface area contributed by atoms with Crippen LogP contribution in [0.4, 0.5) is 4.79 Å². The molecule has 2 rings (SSSR count). The maximum atomic E-state index is 11.7. The van der Waals surface area contributed by atoms with Gasteiger partial charge in [-0.25, -0.2) is 9.48 Å². The van der Waals surface area contributed by atoms with E-state index >= 15 is 0 Å². The number of nitrogens with zero attached hydrogens (tertiary/aromatic N) is 4. The van der Waals surface area contributed by atoms with Crippen molar-refractivity contribution < 1.29 is 24.9 Å². The van der Waals surface area contributed by atoms with E-state index in [0.29, 0.717) is 5.69 Å². The van der Waals surface area contributed by atoms with Crippen LogP contribution in [-0.4, -0.2) is 72.5 Å². The number of carboxylic acid groups (broad SMARTS) is 1. The SMILES string of the molecule is O=C(O)Cn1cc(CNC(=O)N2CC(O)C(O)C2)nn1. The predicted molar refractivity (Wildman–Crippen MR) is 63.5 cm³/mol. The van der Waals surface area contributed by atoms with Gasteiger partial charge in [0.05, 0.1) is 38.0 Å². The van der Waals surface area contributed by atoms with Crippen molar-refractivity contribution in [2.45, 2.75) is 25.3 Å². The minimum absolute atomic E-state index is 0.0682. The van der Waals surface area contributed by atoms with E-state index in [1.165, 1.54) is 11.1 Å². The van der Waals surface area contributed by atoms with Crippen molar-refractivity contribution in [2.75, 3.05) is 13.1 Å². The summed E-state index contributed by atoms with van der Waals surface area (Å²) in [6.07, 6.45) is -0.448. The number of aliphatic hydroxyl groups excluding tert-OH is 2. The molecule has 2 atom stereocenters. The summed E-state index contributed by atoms with van der Waals surface area (Å²) in [6.45, 7) is -0.0794. The Morgan fingerprint density at radius 3 is 2.60 bits per heavy atom. The number of carbonyl (C=O) groups excluding carboxylic acids is 1. The molecule has 20 heavy (non-hydrogen) atoms. The van der Waals surface area contributed by atoms with Gasteiger partial charge in [0, 0.05) is 0 Å². The molecule has 0 aliphatic carbocycles. The first-order valence-electron chi connectivity index (χ1n) is 5.95. The number of β-amino-alcohol motifs (C(OH)–C–C–N with tert-alkyl or cyclic N) is 2. The van der Waals surface area contributed by atoms with Crippen LogP contribution in [0.15, 0.2) is 6.20 Å². The molecular formula is C10H15N5O5. The van der Waals surface area contributed by atoms with E-state index in [0.717, 1.165) is 4.68 Å². The van der Waals surface area contributed by atoms with Gasteiger partial charge in [-0.2, -0.15) is 0 Å². The number of urea groups is 1. The average molecular weight is 285 g/mol. The van der Waals surface area contributed by atoms with E-state index in [2.05, 4.69) is 15.6 Å². The Morgan fingerprint density at radius 1 is 1.35 bits per heavy atom. The fraction of sp³-hybridized carbons (Fsp3) is 0.600. The molecule has 110 valence electrons. The molecule has 0 saturated carbocycles. The van der Waals surface area contributed by atoms with Crippen LogP contribution in [0.5, 0.6) is 0 Å². The molecule has 2 amide bonds. The first-order chi connectivity index (χ1) is 9.45. The second kappa shape index (κ2) is 5.84. The molecule has 0 spiro atoms. The first kappa shape index (κ1) is 14.2. The maximum Gasteiger partial charge on any atom is 0.325 e. The lowest BCUT2D eigenvalue weighted by molar-refractivity contribution is -0.137. The van der Waals surface area contributed by atoms with Crippen LogP contribution in [0.25, 0.3) is 0 Å². The molecule has 1 aromatic heterocycles. The highest BCUT2D eigenvalue weighted by Gasteiger charge is 2.32. The highest BCUT2D eigenvalue weighted by atomic mass is 16.4. The third-order valence-corrected chi connectivity index (χ3v) is 2.85. The Hall–Kier alpha value is -2.20. The Labute approximate surface area is 113 Å². The van der Waals surface area contributed by atoms with Gasteiger partial charge < -0.3 is 25.5 Å². The van der Waals surface area contributed by atoms with Crippen LogP contribution in [0, 0.1) is 0 Å². The number of aliphatic carboxylic acids is 1. The summed E-state index contributed by atoms with van der Waals surface area (Å²) < 4.78 is 1.15. The Balaban J connectivity index is 1.81. The topological polar surface area (TPSA) is 141 Å². The summed E-state index contributed by atoms with van der Waals surface area (Å²) in [4.78, 5) is 23.5. The smallest absolute Gasteiger partial charge is 0.325 e. The van der Waals surface area contributed by atoms with Gasteiger partial charge in [0.1, 0.15) is 12.2 Å². The number of likely N-dealkylation sites (tertiary alicyclic amines) is 1. The zero-order valence-corrected chi connectivity index (χ0v) is 10.5. The van der Waals surface area contributed by atoms with Crippen molar-refractivity contribution in [3.8, 4) is 0 Å². The number of aliphatic hydroxyl groups is 2. The quantitative estimate of drug-likeness (QED) is 0.483. The van der Waals surface area contributed by atoms with Crippen molar-refractivity contribution in [3.63, 3.8) is 0 Å². The minimum atomic E-state index is -1.04.